The molecule has 13 heavy (non-hydrogen) atoms. The van der Waals surface area contributed by atoms with Crippen molar-refractivity contribution < 1.29 is 4.79 Å². The van der Waals surface area contributed by atoms with Gasteiger partial charge in [-0.15, -0.1) is 0 Å². The average Bonchev–Trinajstić information content (AvgIpc) is 2.03. The Kier molecular flexibility index (Phi) is 3.31. The molecule has 74 valence electrons. The largest absolute Gasteiger partial charge is 0.400 e. The van der Waals surface area contributed by atoms with Gasteiger partial charge in [0.2, 0.25) is 0 Å². The first-order valence-electron chi connectivity index (χ1n) is 4.54. The fourth-order valence-corrected chi connectivity index (χ4v) is 1.60. The van der Waals surface area contributed by atoms with Gasteiger partial charge < -0.3 is 16.4 Å². The summed E-state index contributed by atoms with van der Waals surface area (Å²) in [5, 5.41) is 6.13. The summed E-state index contributed by atoms with van der Waals surface area (Å²) < 4.78 is 0. The van der Waals surface area contributed by atoms with E-state index in [4.69, 9.17) is 5.73 Å². The smallest absolute Gasteiger partial charge is 0.136 e. The molecule has 0 aromatic carbocycles. The Morgan fingerprint density at radius 1 is 1.69 bits per heavy atom. The van der Waals surface area contributed by atoms with Gasteiger partial charge in [-0.1, -0.05) is 0 Å². The van der Waals surface area contributed by atoms with Crippen molar-refractivity contribution in [2.45, 2.75) is 31.8 Å². The number of carbonyl (C=O) groups is 1. The zero-order chi connectivity index (χ0) is 9.84. The summed E-state index contributed by atoms with van der Waals surface area (Å²) >= 11 is 0. The molecule has 1 saturated heterocycles. The third kappa shape index (κ3) is 2.73. The van der Waals surface area contributed by atoms with Crippen molar-refractivity contribution in [1.82, 2.24) is 10.6 Å². The van der Waals surface area contributed by atoms with Gasteiger partial charge in [0, 0.05) is 37.8 Å². The molecule has 2 unspecified atom stereocenters. The van der Waals surface area contributed by atoms with Gasteiger partial charge in [-0.3, -0.25) is 4.79 Å². The van der Waals surface area contributed by atoms with Crippen molar-refractivity contribution in [3.63, 3.8) is 0 Å². The van der Waals surface area contributed by atoms with Crippen molar-refractivity contribution in [2.75, 3.05) is 7.05 Å². The molecule has 0 aromatic rings. The molecular weight excluding hydrogens is 166 g/mol. The molecule has 1 rings (SSSR count). The van der Waals surface area contributed by atoms with Gasteiger partial charge in [0.1, 0.15) is 5.78 Å². The Morgan fingerprint density at radius 2 is 2.38 bits per heavy atom. The lowest BCUT2D eigenvalue weighted by Crippen LogP contribution is -2.47. The van der Waals surface area contributed by atoms with Crippen molar-refractivity contribution >= 4 is 5.78 Å². The first kappa shape index (κ1) is 10.1. The second-order valence-corrected chi connectivity index (χ2v) is 3.50. The SMILES string of the molecule is CN/C=C(\N)C1CC(=O)CC(C)N1. The summed E-state index contributed by atoms with van der Waals surface area (Å²) in [4.78, 5) is 11.2. The lowest BCUT2D eigenvalue weighted by atomic mass is 9.96. The van der Waals surface area contributed by atoms with E-state index >= 15 is 0 Å². The van der Waals surface area contributed by atoms with Crippen LogP contribution in [0.25, 0.3) is 0 Å². The van der Waals surface area contributed by atoms with E-state index < -0.39 is 0 Å². The van der Waals surface area contributed by atoms with Crippen LogP contribution in [0, 0.1) is 0 Å². The molecule has 4 N–H and O–H groups in total. The van der Waals surface area contributed by atoms with E-state index in [9.17, 15) is 4.79 Å². The molecule has 4 heteroatoms. The summed E-state index contributed by atoms with van der Waals surface area (Å²) in [6.07, 6.45) is 2.85. The minimum absolute atomic E-state index is 0.00343. The Bertz CT molecular complexity index is 225. The number of Topliss-reactive ketones (excluding diaryl/α,β-unsaturated/α-hetero) is 1. The van der Waals surface area contributed by atoms with Crippen molar-refractivity contribution in [3.8, 4) is 0 Å². The number of rotatable bonds is 2. The van der Waals surface area contributed by atoms with E-state index in [-0.39, 0.29) is 17.9 Å². The van der Waals surface area contributed by atoms with Crippen LogP contribution in [0.1, 0.15) is 19.8 Å². The van der Waals surface area contributed by atoms with E-state index in [1.807, 2.05) is 6.92 Å². The summed E-state index contributed by atoms with van der Waals surface area (Å²) in [7, 11) is 1.79. The van der Waals surface area contributed by atoms with Gasteiger partial charge >= 0.3 is 0 Å². The highest BCUT2D eigenvalue weighted by molar-refractivity contribution is 5.80. The standard InChI is InChI=1S/C9H17N3O/c1-6-3-7(13)4-9(12-6)8(10)5-11-2/h5-6,9,11-12H,3-4,10H2,1-2H3/b8-5-. The van der Waals surface area contributed by atoms with Gasteiger partial charge in [-0.05, 0) is 6.92 Å². The van der Waals surface area contributed by atoms with Crippen LogP contribution in [0.3, 0.4) is 0 Å². The molecular formula is C9H17N3O. The number of nitrogens with one attached hydrogen (secondary N) is 2. The van der Waals surface area contributed by atoms with Gasteiger partial charge in [0.15, 0.2) is 0 Å². The molecule has 1 heterocycles. The minimum Gasteiger partial charge on any atom is -0.400 e. The highest BCUT2D eigenvalue weighted by atomic mass is 16.1. The molecule has 0 radical (unpaired) electrons. The third-order valence-corrected chi connectivity index (χ3v) is 2.16. The summed E-state index contributed by atoms with van der Waals surface area (Å²) in [6, 6.07) is 0.235. The maximum atomic E-state index is 11.2. The maximum Gasteiger partial charge on any atom is 0.136 e. The van der Waals surface area contributed by atoms with Gasteiger partial charge in [0.05, 0.1) is 6.04 Å². The van der Waals surface area contributed by atoms with E-state index in [0.717, 1.165) is 0 Å². The molecule has 1 fully saturated rings. The van der Waals surface area contributed by atoms with E-state index in [1.54, 1.807) is 13.2 Å². The van der Waals surface area contributed by atoms with E-state index in [2.05, 4.69) is 10.6 Å². The molecule has 0 bridgehead atoms. The van der Waals surface area contributed by atoms with Gasteiger partial charge in [0.25, 0.3) is 0 Å². The van der Waals surface area contributed by atoms with Crippen LogP contribution in [0.4, 0.5) is 0 Å². The summed E-state index contributed by atoms with van der Waals surface area (Å²) in [6.45, 7) is 2.00. The fourth-order valence-electron chi connectivity index (χ4n) is 1.60. The zero-order valence-electron chi connectivity index (χ0n) is 8.13. The zero-order valence-corrected chi connectivity index (χ0v) is 8.13. The van der Waals surface area contributed by atoms with Gasteiger partial charge in [-0.2, -0.15) is 0 Å². The Hall–Kier alpha value is -1.03. The van der Waals surface area contributed by atoms with E-state index in [0.29, 0.717) is 18.5 Å². The molecule has 0 spiro atoms. The van der Waals surface area contributed by atoms with Crippen molar-refractivity contribution in [1.29, 1.82) is 0 Å². The second kappa shape index (κ2) is 4.28. The highest BCUT2D eigenvalue weighted by Crippen LogP contribution is 2.12. The lowest BCUT2D eigenvalue weighted by Gasteiger charge is -2.28. The first-order valence-corrected chi connectivity index (χ1v) is 4.54. The topological polar surface area (TPSA) is 67.1 Å². The molecule has 1 aliphatic rings. The number of piperidine rings is 1. The fraction of sp³-hybridized carbons (Fsp3) is 0.667. The molecule has 0 amide bonds. The lowest BCUT2D eigenvalue weighted by molar-refractivity contribution is -0.121. The first-order chi connectivity index (χ1) is 6.13. The normalized spacial score (nSPS) is 30.3. The molecule has 2 atom stereocenters. The van der Waals surface area contributed by atoms with Crippen LogP contribution in [0.15, 0.2) is 11.9 Å². The quantitative estimate of drug-likeness (QED) is 0.550. The maximum absolute atomic E-state index is 11.2. The van der Waals surface area contributed by atoms with Crippen LogP contribution < -0.4 is 16.4 Å². The summed E-state index contributed by atoms with van der Waals surface area (Å²) in [5.41, 5.74) is 6.46. The highest BCUT2D eigenvalue weighted by Gasteiger charge is 2.24. The average molecular weight is 183 g/mol. The predicted octanol–water partition coefficient (Wildman–Crippen LogP) is -0.284. The second-order valence-electron chi connectivity index (χ2n) is 3.50. The van der Waals surface area contributed by atoms with Crippen LogP contribution in [0.5, 0.6) is 0 Å². The van der Waals surface area contributed by atoms with Gasteiger partial charge in [-0.25, -0.2) is 0 Å². The van der Waals surface area contributed by atoms with Crippen LogP contribution in [-0.2, 0) is 4.79 Å². The molecule has 4 nitrogen and oxygen atoms in total. The predicted molar refractivity (Wildman–Crippen MR) is 52.0 cm³/mol. The van der Waals surface area contributed by atoms with Crippen molar-refractivity contribution in [3.05, 3.63) is 11.9 Å². The van der Waals surface area contributed by atoms with Crippen LogP contribution in [-0.4, -0.2) is 24.9 Å². The molecule has 0 saturated carbocycles. The third-order valence-electron chi connectivity index (χ3n) is 2.16. The van der Waals surface area contributed by atoms with Crippen LogP contribution >= 0.6 is 0 Å². The molecule has 0 aromatic heterocycles. The number of hydrogen-bond acceptors (Lipinski definition) is 4. The minimum atomic E-state index is 0.00343. The van der Waals surface area contributed by atoms with Crippen molar-refractivity contribution in [2.24, 2.45) is 5.73 Å². The van der Waals surface area contributed by atoms with E-state index in [1.165, 1.54) is 0 Å². The molecule has 1 aliphatic heterocycles. The summed E-state index contributed by atoms with van der Waals surface area (Å²) in [5.74, 6) is 0.281. The monoisotopic (exact) mass is 183 g/mol. The Balaban J connectivity index is 2.59. The Morgan fingerprint density at radius 3 is 2.92 bits per heavy atom. The number of nitrogens with two attached hydrogens (primary N) is 1. The molecule has 0 aliphatic carbocycles. The number of ketones is 1. The van der Waals surface area contributed by atoms with Crippen LogP contribution in [0.2, 0.25) is 0 Å². The number of carbonyl (C=O) groups excluding carboxylic acids is 1. The number of hydrogen-bond donors (Lipinski definition) is 3. The Labute approximate surface area is 78.6 Å².